The maximum absolute atomic E-state index is 10.5. The lowest BCUT2D eigenvalue weighted by atomic mass is 9.90. The van der Waals surface area contributed by atoms with Gasteiger partial charge >= 0.3 is 0 Å². The van der Waals surface area contributed by atoms with Crippen LogP contribution in [-0.2, 0) is 9.53 Å². The molecule has 0 aromatic heterocycles. The molecule has 2 aliphatic rings. The van der Waals surface area contributed by atoms with Gasteiger partial charge in [-0.1, -0.05) is 30.4 Å². The average Bonchev–Trinajstić information content (AvgIpc) is 2.29. The van der Waals surface area contributed by atoms with Gasteiger partial charge in [-0.05, 0) is 17.7 Å². The Morgan fingerprint density at radius 3 is 3.12 bits per heavy atom. The Balaban J connectivity index is 2.12. The average molecular weight is 214 g/mol. The normalized spacial score (nSPS) is 25.1. The van der Waals surface area contributed by atoms with Gasteiger partial charge in [0.05, 0.1) is 6.42 Å². The van der Waals surface area contributed by atoms with Crippen molar-refractivity contribution in [1.29, 1.82) is 0 Å². The monoisotopic (exact) mass is 214 g/mol. The summed E-state index contributed by atoms with van der Waals surface area (Å²) in [7, 11) is 0. The molecule has 0 saturated carbocycles. The van der Waals surface area contributed by atoms with Crippen LogP contribution in [0.15, 0.2) is 42.5 Å². The maximum atomic E-state index is 10.5. The number of hydrogen-bond donors (Lipinski definition) is 0. The van der Waals surface area contributed by atoms with E-state index in [0.29, 0.717) is 12.9 Å². The first-order valence-corrected chi connectivity index (χ1v) is 5.11. The fraction of sp³-hybridized carbons (Fsp3) is 0.154. The maximum Gasteiger partial charge on any atom is 0.296 e. The molecule has 3 rings (SSSR count). The van der Waals surface area contributed by atoms with Crippen molar-refractivity contribution >= 4 is 12.0 Å². The Morgan fingerprint density at radius 1 is 1.38 bits per heavy atom. The van der Waals surface area contributed by atoms with Crippen LogP contribution in [0.25, 0.3) is 5.57 Å². The first-order chi connectivity index (χ1) is 7.83. The molecule has 0 saturated heterocycles. The zero-order chi connectivity index (χ0) is 11.0. The van der Waals surface area contributed by atoms with Crippen molar-refractivity contribution in [3.05, 3.63) is 48.1 Å². The van der Waals surface area contributed by atoms with E-state index < -0.39 is 5.79 Å². The number of ether oxygens (including phenoxy) is 2. The molecule has 0 spiro atoms. The van der Waals surface area contributed by atoms with Crippen LogP contribution >= 0.6 is 0 Å². The number of fused-ring (bicyclic) bond motifs is 4. The van der Waals surface area contributed by atoms with Gasteiger partial charge in [-0.3, -0.25) is 4.79 Å². The molecule has 1 aliphatic carbocycles. The number of para-hydroxylation sites is 1. The van der Waals surface area contributed by atoms with Crippen LogP contribution in [0.5, 0.6) is 5.75 Å². The zero-order valence-corrected chi connectivity index (χ0v) is 8.55. The van der Waals surface area contributed by atoms with Crippen LogP contribution in [-0.4, -0.2) is 12.3 Å². The summed E-state index contributed by atoms with van der Waals surface area (Å²) in [4.78, 5) is 10.5. The summed E-state index contributed by atoms with van der Waals surface area (Å²) >= 11 is 0. The van der Waals surface area contributed by atoms with E-state index in [1.165, 1.54) is 0 Å². The predicted octanol–water partition coefficient (Wildman–Crippen LogP) is 2.29. The number of hydrogen-bond acceptors (Lipinski definition) is 3. The molecule has 0 N–H and O–H groups in total. The quantitative estimate of drug-likeness (QED) is 0.708. The predicted molar refractivity (Wildman–Crippen MR) is 58.7 cm³/mol. The van der Waals surface area contributed by atoms with E-state index in [-0.39, 0.29) is 0 Å². The molecule has 1 heterocycles. The van der Waals surface area contributed by atoms with Gasteiger partial charge < -0.3 is 9.47 Å². The van der Waals surface area contributed by atoms with Crippen molar-refractivity contribution in [3.8, 4) is 5.75 Å². The van der Waals surface area contributed by atoms with Gasteiger partial charge in [0.1, 0.15) is 5.75 Å². The van der Waals surface area contributed by atoms with Gasteiger partial charge in [0, 0.05) is 5.56 Å². The van der Waals surface area contributed by atoms with E-state index in [1.807, 2.05) is 36.4 Å². The van der Waals surface area contributed by atoms with Gasteiger partial charge in [0.15, 0.2) is 0 Å². The number of carbonyl (C=O) groups excluding carboxylic acids is 1. The van der Waals surface area contributed by atoms with E-state index in [9.17, 15) is 4.79 Å². The minimum absolute atomic E-state index is 0.432. The highest BCUT2D eigenvalue weighted by Crippen LogP contribution is 2.43. The van der Waals surface area contributed by atoms with E-state index >= 15 is 0 Å². The van der Waals surface area contributed by atoms with Crippen LogP contribution in [0.1, 0.15) is 12.0 Å². The van der Waals surface area contributed by atoms with E-state index in [2.05, 4.69) is 0 Å². The highest BCUT2D eigenvalue weighted by Gasteiger charge is 2.39. The summed E-state index contributed by atoms with van der Waals surface area (Å²) < 4.78 is 10.8. The lowest BCUT2D eigenvalue weighted by Crippen LogP contribution is -2.40. The zero-order valence-electron chi connectivity index (χ0n) is 8.55. The largest absolute Gasteiger partial charge is 0.448 e. The van der Waals surface area contributed by atoms with E-state index in [1.54, 1.807) is 6.08 Å². The van der Waals surface area contributed by atoms with Crippen LogP contribution in [0.4, 0.5) is 0 Å². The number of carbonyl (C=O) groups is 1. The molecule has 0 amide bonds. The van der Waals surface area contributed by atoms with E-state index in [4.69, 9.17) is 9.47 Å². The lowest BCUT2D eigenvalue weighted by molar-refractivity contribution is -0.166. The van der Waals surface area contributed by atoms with Crippen molar-refractivity contribution in [2.45, 2.75) is 12.2 Å². The molecule has 0 radical (unpaired) electrons. The second-order valence-electron chi connectivity index (χ2n) is 3.85. The highest BCUT2D eigenvalue weighted by atomic mass is 16.7. The molecular formula is C13H10O3. The molecule has 1 aromatic carbocycles. The molecule has 2 bridgehead atoms. The molecule has 0 fully saturated rings. The summed E-state index contributed by atoms with van der Waals surface area (Å²) in [5.41, 5.74) is 2.20. The molecular weight excluding hydrogens is 204 g/mol. The molecule has 1 unspecified atom stereocenters. The van der Waals surface area contributed by atoms with Gasteiger partial charge in [-0.2, -0.15) is 0 Å². The third-order valence-corrected chi connectivity index (χ3v) is 2.85. The SMILES string of the molecule is O=COC12C=CC=C(C1)c1ccccc1O2. The fourth-order valence-electron chi connectivity index (χ4n) is 2.14. The van der Waals surface area contributed by atoms with Crippen molar-refractivity contribution < 1.29 is 14.3 Å². The number of allylic oxidation sites excluding steroid dienone is 2. The lowest BCUT2D eigenvalue weighted by Gasteiger charge is -2.37. The topological polar surface area (TPSA) is 35.5 Å². The molecule has 1 aliphatic heterocycles. The summed E-state index contributed by atoms with van der Waals surface area (Å²) in [5, 5.41) is 0. The fourth-order valence-corrected chi connectivity index (χ4v) is 2.14. The van der Waals surface area contributed by atoms with Crippen molar-refractivity contribution in [1.82, 2.24) is 0 Å². The van der Waals surface area contributed by atoms with Crippen molar-refractivity contribution in [2.75, 3.05) is 0 Å². The van der Waals surface area contributed by atoms with Crippen LogP contribution in [0, 0.1) is 0 Å². The highest BCUT2D eigenvalue weighted by molar-refractivity contribution is 5.75. The smallest absolute Gasteiger partial charge is 0.296 e. The third kappa shape index (κ3) is 1.25. The Labute approximate surface area is 93.0 Å². The summed E-state index contributed by atoms with van der Waals surface area (Å²) in [6.07, 6.45) is 6.21. The number of rotatable bonds is 2. The Kier molecular flexibility index (Phi) is 1.86. The van der Waals surface area contributed by atoms with Crippen LogP contribution in [0.3, 0.4) is 0 Å². The second-order valence-corrected chi connectivity index (χ2v) is 3.85. The standard InChI is InChI=1S/C13H10O3/c14-9-15-13-7-3-4-10(8-13)11-5-1-2-6-12(11)16-13/h1-7,9H,8H2. The Bertz CT molecular complexity index is 502. The van der Waals surface area contributed by atoms with Gasteiger partial charge in [-0.25, -0.2) is 0 Å². The molecule has 1 atom stereocenters. The molecule has 3 nitrogen and oxygen atoms in total. The van der Waals surface area contributed by atoms with E-state index in [0.717, 1.165) is 16.9 Å². The Hall–Kier alpha value is -2.03. The minimum atomic E-state index is -0.944. The van der Waals surface area contributed by atoms with Gasteiger partial charge in [0.2, 0.25) is 0 Å². The van der Waals surface area contributed by atoms with Crippen molar-refractivity contribution in [3.63, 3.8) is 0 Å². The number of benzene rings is 1. The summed E-state index contributed by atoms with van der Waals surface area (Å²) in [5.74, 6) is -0.189. The first kappa shape index (κ1) is 9.21. The molecule has 1 aromatic rings. The Morgan fingerprint density at radius 2 is 2.25 bits per heavy atom. The third-order valence-electron chi connectivity index (χ3n) is 2.85. The van der Waals surface area contributed by atoms with Gasteiger partial charge in [-0.15, -0.1) is 0 Å². The molecule has 80 valence electrons. The summed E-state index contributed by atoms with van der Waals surface area (Å²) in [6, 6.07) is 7.75. The molecule has 16 heavy (non-hydrogen) atoms. The first-order valence-electron chi connectivity index (χ1n) is 5.11. The van der Waals surface area contributed by atoms with Crippen molar-refractivity contribution in [2.24, 2.45) is 0 Å². The minimum Gasteiger partial charge on any atom is -0.448 e. The second kappa shape index (κ2) is 3.23. The van der Waals surface area contributed by atoms with Crippen LogP contribution in [0.2, 0.25) is 0 Å². The van der Waals surface area contributed by atoms with Crippen LogP contribution < -0.4 is 4.74 Å². The molecule has 3 heteroatoms. The van der Waals surface area contributed by atoms with Gasteiger partial charge in [0.25, 0.3) is 12.3 Å². The summed E-state index contributed by atoms with van der Waals surface area (Å²) in [6.45, 7) is 0.432.